The molecule has 1 aromatic heterocycles. The minimum Gasteiger partial charge on any atom is -0.480 e. The van der Waals surface area contributed by atoms with Gasteiger partial charge in [0.25, 0.3) is 5.91 Å². The van der Waals surface area contributed by atoms with E-state index < -0.39 is 28.2 Å². The maximum absolute atomic E-state index is 12.1. The van der Waals surface area contributed by atoms with Gasteiger partial charge in [-0.05, 0) is 18.9 Å². The van der Waals surface area contributed by atoms with Crippen molar-refractivity contribution in [2.45, 2.75) is 44.1 Å². The number of rotatable bonds is 4. The number of hydrogen-bond acceptors (Lipinski definition) is 5. The van der Waals surface area contributed by atoms with Crippen LogP contribution in [0.15, 0.2) is 16.5 Å². The average Bonchev–Trinajstić information content (AvgIpc) is 2.81. The lowest BCUT2D eigenvalue weighted by molar-refractivity contribution is -0.402. The van der Waals surface area contributed by atoms with E-state index in [1.165, 1.54) is 6.07 Å². The number of nitrogens with one attached hydrogen (secondary N) is 1. The van der Waals surface area contributed by atoms with E-state index in [1.807, 2.05) is 0 Å². The average molecular weight is 296 g/mol. The number of carbonyl (C=O) groups is 2. The van der Waals surface area contributed by atoms with Gasteiger partial charge < -0.3 is 14.8 Å². The van der Waals surface area contributed by atoms with Gasteiger partial charge in [-0.25, -0.2) is 4.79 Å². The number of nitro groups is 1. The lowest BCUT2D eigenvalue weighted by atomic mass is 9.90. The standard InChI is InChI=1S/C13H16N2O6/c16-11(9-5-6-10(21-9)15(19)20)14-13(12(17)18)7-3-1-2-4-8-13/h5-6H,1-4,7-8H2,(H,14,16)(H,17,18). The van der Waals surface area contributed by atoms with Crippen molar-refractivity contribution in [1.29, 1.82) is 0 Å². The fraction of sp³-hybridized carbons (Fsp3) is 0.538. The molecule has 2 N–H and O–H groups in total. The molecule has 1 fully saturated rings. The molecule has 0 atom stereocenters. The number of carbonyl (C=O) groups excluding carboxylic acids is 1. The monoisotopic (exact) mass is 296 g/mol. The van der Waals surface area contributed by atoms with Gasteiger partial charge in [-0.1, -0.05) is 25.7 Å². The van der Waals surface area contributed by atoms with E-state index in [1.54, 1.807) is 0 Å². The van der Waals surface area contributed by atoms with Crippen molar-refractivity contribution in [1.82, 2.24) is 5.32 Å². The molecule has 1 aliphatic rings. The molecule has 0 spiro atoms. The summed E-state index contributed by atoms with van der Waals surface area (Å²) in [7, 11) is 0. The predicted octanol–water partition coefficient (Wildman–Crippen LogP) is 2.10. The van der Waals surface area contributed by atoms with E-state index in [2.05, 4.69) is 5.32 Å². The molecule has 8 nitrogen and oxygen atoms in total. The highest BCUT2D eigenvalue weighted by molar-refractivity contribution is 5.96. The molecule has 1 heterocycles. The summed E-state index contributed by atoms with van der Waals surface area (Å²) >= 11 is 0. The molecule has 21 heavy (non-hydrogen) atoms. The van der Waals surface area contributed by atoms with Crippen LogP contribution in [0.5, 0.6) is 0 Å². The maximum Gasteiger partial charge on any atom is 0.433 e. The maximum atomic E-state index is 12.1. The Bertz CT molecular complexity index is 557. The highest BCUT2D eigenvalue weighted by atomic mass is 16.6. The first-order valence-electron chi connectivity index (χ1n) is 6.75. The quantitative estimate of drug-likeness (QED) is 0.498. The molecule has 2 rings (SSSR count). The van der Waals surface area contributed by atoms with Crippen molar-refractivity contribution in [2.24, 2.45) is 0 Å². The van der Waals surface area contributed by atoms with Gasteiger partial charge in [0.05, 0.1) is 6.07 Å². The Kier molecular flexibility index (Phi) is 4.25. The van der Waals surface area contributed by atoms with Gasteiger partial charge >= 0.3 is 11.9 Å². The van der Waals surface area contributed by atoms with E-state index in [4.69, 9.17) is 4.42 Å². The SMILES string of the molecule is O=C(NC1(C(=O)O)CCCCCC1)c1ccc([N+](=O)[O-])o1. The van der Waals surface area contributed by atoms with Crippen LogP contribution in [0.2, 0.25) is 0 Å². The van der Waals surface area contributed by atoms with Crippen molar-refractivity contribution in [2.75, 3.05) is 0 Å². The molecule has 0 bridgehead atoms. The number of carboxylic acids is 1. The second kappa shape index (κ2) is 5.94. The first kappa shape index (κ1) is 15.0. The van der Waals surface area contributed by atoms with Crippen molar-refractivity contribution in [3.05, 3.63) is 28.0 Å². The van der Waals surface area contributed by atoms with Crippen molar-refractivity contribution < 1.29 is 24.0 Å². The minimum atomic E-state index is -1.32. The first-order valence-corrected chi connectivity index (χ1v) is 6.75. The molecule has 0 aliphatic heterocycles. The minimum absolute atomic E-state index is 0.258. The van der Waals surface area contributed by atoms with E-state index >= 15 is 0 Å². The van der Waals surface area contributed by atoms with Gasteiger partial charge in [0, 0.05) is 0 Å². The third-order valence-corrected chi connectivity index (χ3v) is 3.71. The highest BCUT2D eigenvalue weighted by Gasteiger charge is 2.40. The summed E-state index contributed by atoms with van der Waals surface area (Å²) in [6.45, 7) is 0. The molecular weight excluding hydrogens is 280 g/mol. The summed E-state index contributed by atoms with van der Waals surface area (Å²) in [4.78, 5) is 33.4. The summed E-state index contributed by atoms with van der Waals surface area (Å²) in [5, 5.41) is 22.5. The number of amides is 1. The molecule has 0 radical (unpaired) electrons. The Hall–Kier alpha value is -2.38. The third kappa shape index (κ3) is 3.21. The van der Waals surface area contributed by atoms with Crippen LogP contribution in [0, 0.1) is 10.1 Å². The van der Waals surface area contributed by atoms with Crippen LogP contribution in [-0.4, -0.2) is 27.4 Å². The fourth-order valence-corrected chi connectivity index (χ4v) is 2.55. The molecule has 1 aromatic rings. The van der Waals surface area contributed by atoms with Gasteiger partial charge in [0.1, 0.15) is 10.5 Å². The number of furan rings is 1. The Morgan fingerprint density at radius 2 is 1.86 bits per heavy atom. The Morgan fingerprint density at radius 1 is 1.24 bits per heavy atom. The Balaban J connectivity index is 2.17. The smallest absolute Gasteiger partial charge is 0.433 e. The highest BCUT2D eigenvalue weighted by Crippen LogP contribution is 2.28. The van der Waals surface area contributed by atoms with E-state index in [-0.39, 0.29) is 5.76 Å². The number of nitrogens with zero attached hydrogens (tertiary/aromatic N) is 1. The zero-order valence-corrected chi connectivity index (χ0v) is 11.3. The summed E-state index contributed by atoms with van der Waals surface area (Å²) in [6.07, 6.45) is 3.97. The number of hydrogen-bond donors (Lipinski definition) is 2. The second-order valence-corrected chi connectivity index (χ2v) is 5.15. The zero-order chi connectivity index (χ0) is 15.5. The van der Waals surface area contributed by atoms with Crippen LogP contribution in [-0.2, 0) is 4.79 Å². The molecule has 1 saturated carbocycles. The lowest BCUT2D eigenvalue weighted by Gasteiger charge is -2.28. The van der Waals surface area contributed by atoms with Crippen LogP contribution in [0.3, 0.4) is 0 Å². The van der Waals surface area contributed by atoms with Crippen molar-refractivity contribution in [3.8, 4) is 0 Å². The normalized spacial score (nSPS) is 17.7. The molecule has 0 unspecified atom stereocenters. The fourth-order valence-electron chi connectivity index (χ4n) is 2.55. The molecule has 1 aliphatic carbocycles. The van der Waals surface area contributed by atoms with E-state index in [9.17, 15) is 24.8 Å². The van der Waals surface area contributed by atoms with E-state index in [0.717, 1.165) is 18.9 Å². The van der Waals surface area contributed by atoms with Crippen LogP contribution in [0.25, 0.3) is 0 Å². The van der Waals surface area contributed by atoms with Crippen molar-refractivity contribution in [3.63, 3.8) is 0 Å². The van der Waals surface area contributed by atoms with Gasteiger partial charge in [-0.3, -0.25) is 14.9 Å². The summed E-state index contributed by atoms with van der Waals surface area (Å²) < 4.78 is 4.80. The molecule has 0 aromatic carbocycles. The Labute approximate surface area is 120 Å². The van der Waals surface area contributed by atoms with Crippen molar-refractivity contribution >= 4 is 17.8 Å². The van der Waals surface area contributed by atoms with Crippen LogP contribution < -0.4 is 5.32 Å². The molecule has 0 saturated heterocycles. The van der Waals surface area contributed by atoms with Crippen LogP contribution >= 0.6 is 0 Å². The summed E-state index contributed by atoms with van der Waals surface area (Å²) in [6, 6.07) is 2.23. The zero-order valence-electron chi connectivity index (χ0n) is 11.3. The Morgan fingerprint density at radius 3 is 2.33 bits per heavy atom. The van der Waals surface area contributed by atoms with Gasteiger partial charge in [-0.15, -0.1) is 0 Å². The van der Waals surface area contributed by atoms with Gasteiger partial charge in [0.2, 0.25) is 0 Å². The largest absolute Gasteiger partial charge is 0.480 e. The summed E-state index contributed by atoms with van der Waals surface area (Å²) in [5.41, 5.74) is -1.32. The topological polar surface area (TPSA) is 123 Å². The molecule has 114 valence electrons. The third-order valence-electron chi connectivity index (χ3n) is 3.71. The van der Waals surface area contributed by atoms with E-state index in [0.29, 0.717) is 25.7 Å². The molecule has 8 heteroatoms. The first-order chi connectivity index (χ1) is 9.94. The predicted molar refractivity (Wildman–Crippen MR) is 70.9 cm³/mol. The molecule has 1 amide bonds. The van der Waals surface area contributed by atoms with Crippen LogP contribution in [0.1, 0.15) is 49.1 Å². The van der Waals surface area contributed by atoms with Crippen LogP contribution in [0.4, 0.5) is 5.88 Å². The number of aliphatic carboxylic acids is 1. The van der Waals surface area contributed by atoms with Gasteiger partial charge in [0.15, 0.2) is 5.76 Å². The molecular formula is C13H16N2O6. The second-order valence-electron chi connectivity index (χ2n) is 5.15. The van der Waals surface area contributed by atoms with Gasteiger partial charge in [-0.2, -0.15) is 0 Å². The lowest BCUT2D eigenvalue weighted by Crippen LogP contribution is -2.54. The number of carboxylic acid groups (broad SMARTS) is 1. The summed E-state index contributed by atoms with van der Waals surface area (Å²) in [5.74, 6) is -2.64.